The molecule has 0 unspecified atom stereocenters. The number of para-hydroxylation sites is 1. The molecule has 5 N–H and O–H groups in total. The van der Waals surface area contributed by atoms with Crippen LogP contribution in [0, 0.1) is 0 Å². The van der Waals surface area contributed by atoms with Crippen molar-refractivity contribution in [2.45, 2.75) is 13.8 Å². The predicted octanol–water partition coefficient (Wildman–Crippen LogP) is 3.00. The highest BCUT2D eigenvalue weighted by Crippen LogP contribution is 2.37. The molecule has 3 aromatic rings. The zero-order valence-corrected chi connectivity index (χ0v) is 15.4. The number of benzene rings is 1. The summed E-state index contributed by atoms with van der Waals surface area (Å²) in [6.45, 7) is 4.00. The van der Waals surface area contributed by atoms with E-state index in [1.807, 2.05) is 38.1 Å². The van der Waals surface area contributed by atoms with Crippen LogP contribution in [-0.4, -0.2) is 28.0 Å². The maximum atomic E-state index is 11.6. The van der Waals surface area contributed by atoms with Gasteiger partial charge in [-0.3, -0.25) is 9.78 Å². The highest BCUT2D eigenvalue weighted by Gasteiger charge is 2.16. The van der Waals surface area contributed by atoms with Gasteiger partial charge in [-0.25, -0.2) is 4.98 Å². The quantitative estimate of drug-likeness (QED) is 0.633. The van der Waals surface area contributed by atoms with Gasteiger partial charge in [0.05, 0.1) is 12.8 Å². The van der Waals surface area contributed by atoms with E-state index in [2.05, 4.69) is 20.3 Å². The number of rotatable bonds is 5. The van der Waals surface area contributed by atoms with Gasteiger partial charge in [0.15, 0.2) is 0 Å². The van der Waals surface area contributed by atoms with Crippen LogP contribution in [0.3, 0.4) is 0 Å². The fourth-order valence-corrected chi connectivity index (χ4v) is 2.40. The number of nitrogens with one attached hydrogen (secondary N) is 1. The third kappa shape index (κ3) is 4.49. The van der Waals surface area contributed by atoms with E-state index in [0.29, 0.717) is 11.4 Å². The summed E-state index contributed by atoms with van der Waals surface area (Å²) < 4.78 is 5.55. The number of primary amides is 1. The van der Waals surface area contributed by atoms with E-state index >= 15 is 0 Å². The first-order chi connectivity index (χ1) is 13.1. The minimum Gasteiger partial charge on any atom is -0.494 e. The summed E-state index contributed by atoms with van der Waals surface area (Å²) >= 11 is 0. The van der Waals surface area contributed by atoms with Crippen molar-refractivity contribution in [2.24, 2.45) is 5.73 Å². The van der Waals surface area contributed by atoms with E-state index in [1.165, 1.54) is 6.20 Å². The summed E-state index contributed by atoms with van der Waals surface area (Å²) in [6.07, 6.45) is 4.71. The third-order valence-corrected chi connectivity index (χ3v) is 3.52. The molecule has 1 amide bonds. The number of hydrogen-bond donors (Lipinski definition) is 3. The molecule has 0 saturated heterocycles. The Morgan fingerprint density at radius 2 is 1.93 bits per heavy atom. The van der Waals surface area contributed by atoms with E-state index in [1.54, 1.807) is 25.6 Å². The largest absolute Gasteiger partial charge is 0.494 e. The number of carbonyl (C=O) groups excluding carboxylic acids is 1. The van der Waals surface area contributed by atoms with Gasteiger partial charge in [0.1, 0.15) is 17.1 Å². The number of pyridine rings is 1. The first kappa shape index (κ1) is 19.6. The second kappa shape index (κ2) is 9.14. The van der Waals surface area contributed by atoms with Crippen molar-refractivity contribution < 1.29 is 9.53 Å². The molecule has 0 bridgehead atoms. The molecule has 0 aliphatic rings. The molecule has 2 aromatic heterocycles. The van der Waals surface area contributed by atoms with Gasteiger partial charge < -0.3 is 21.5 Å². The lowest BCUT2D eigenvalue weighted by atomic mass is 10.1. The molecular weight excluding hydrogens is 344 g/mol. The molecule has 0 spiro atoms. The topological polar surface area (TPSA) is 129 Å². The molecule has 0 saturated carbocycles. The number of nitrogen functional groups attached to an aromatic ring is 1. The van der Waals surface area contributed by atoms with Crippen LogP contribution in [0.5, 0.6) is 5.75 Å². The van der Waals surface area contributed by atoms with Gasteiger partial charge in [0.2, 0.25) is 5.95 Å². The number of amides is 1. The summed E-state index contributed by atoms with van der Waals surface area (Å²) in [5.41, 5.74) is 13.4. The molecule has 1 aromatic carbocycles. The monoisotopic (exact) mass is 366 g/mol. The average Bonchev–Trinajstić information content (AvgIpc) is 2.70. The summed E-state index contributed by atoms with van der Waals surface area (Å²) in [6, 6.07) is 9.31. The van der Waals surface area contributed by atoms with E-state index in [-0.39, 0.29) is 17.3 Å². The molecule has 140 valence electrons. The van der Waals surface area contributed by atoms with Gasteiger partial charge in [-0.05, 0) is 12.1 Å². The molecule has 27 heavy (non-hydrogen) atoms. The molecule has 2 heterocycles. The van der Waals surface area contributed by atoms with E-state index in [0.717, 1.165) is 11.1 Å². The van der Waals surface area contributed by atoms with Crippen molar-refractivity contribution in [1.29, 1.82) is 0 Å². The number of nitrogens with two attached hydrogens (primary N) is 2. The second-order valence-corrected chi connectivity index (χ2v) is 5.11. The fraction of sp³-hybridized carbons (Fsp3) is 0.158. The normalized spacial score (nSPS) is 9.74. The molecule has 0 aliphatic carbocycles. The number of anilines is 3. The first-order valence-corrected chi connectivity index (χ1v) is 8.37. The summed E-state index contributed by atoms with van der Waals surface area (Å²) in [4.78, 5) is 23.6. The third-order valence-electron chi connectivity index (χ3n) is 3.52. The Hall–Kier alpha value is -3.68. The van der Waals surface area contributed by atoms with Crippen LogP contribution in [0.2, 0.25) is 0 Å². The lowest BCUT2D eigenvalue weighted by Crippen LogP contribution is -2.16. The molecule has 8 heteroatoms. The number of ether oxygens (including phenoxy) is 1. The van der Waals surface area contributed by atoms with Crippen LogP contribution in [0.25, 0.3) is 11.1 Å². The van der Waals surface area contributed by atoms with Gasteiger partial charge >= 0.3 is 0 Å². The van der Waals surface area contributed by atoms with Crippen LogP contribution in [0.4, 0.5) is 17.5 Å². The average molecular weight is 366 g/mol. The van der Waals surface area contributed by atoms with Crippen LogP contribution in [0.1, 0.15) is 24.2 Å². The highest BCUT2D eigenvalue weighted by atomic mass is 16.5. The van der Waals surface area contributed by atoms with Crippen molar-refractivity contribution in [1.82, 2.24) is 15.0 Å². The zero-order valence-electron chi connectivity index (χ0n) is 15.4. The Kier molecular flexibility index (Phi) is 6.65. The van der Waals surface area contributed by atoms with Crippen molar-refractivity contribution in [3.63, 3.8) is 0 Å². The van der Waals surface area contributed by atoms with Crippen molar-refractivity contribution >= 4 is 23.4 Å². The van der Waals surface area contributed by atoms with Gasteiger partial charge in [0.25, 0.3) is 5.91 Å². The number of aromatic nitrogens is 3. The number of methoxy groups -OCH3 is 1. The van der Waals surface area contributed by atoms with Gasteiger partial charge in [-0.15, -0.1) is 0 Å². The van der Waals surface area contributed by atoms with Crippen molar-refractivity contribution in [2.75, 3.05) is 18.2 Å². The molecule has 0 atom stereocenters. The Morgan fingerprint density at radius 3 is 2.56 bits per heavy atom. The molecule has 8 nitrogen and oxygen atoms in total. The first-order valence-electron chi connectivity index (χ1n) is 8.37. The minimum absolute atomic E-state index is 0.0230. The van der Waals surface area contributed by atoms with Crippen molar-refractivity contribution in [3.05, 3.63) is 54.5 Å². The minimum atomic E-state index is -0.662. The molecule has 0 aliphatic heterocycles. The standard InChI is InChI=1S/C17H16N6O2.C2H6/c1-25-14-11(10-4-3-7-20-8-10)5-2-6-13(14)22-16-12(15(18)24)9-21-17(19)23-16;1-2/h2-9H,1H3,(H2,18,24)(H3,19,21,22,23);1-2H3. The number of carbonyl (C=O) groups is 1. The van der Waals surface area contributed by atoms with Gasteiger partial charge in [-0.2, -0.15) is 4.98 Å². The summed E-state index contributed by atoms with van der Waals surface area (Å²) in [5, 5.41) is 3.05. The lowest BCUT2D eigenvalue weighted by molar-refractivity contribution is 0.100. The molecule has 0 fully saturated rings. The smallest absolute Gasteiger partial charge is 0.254 e. The maximum Gasteiger partial charge on any atom is 0.254 e. The van der Waals surface area contributed by atoms with E-state index in [9.17, 15) is 4.79 Å². The van der Waals surface area contributed by atoms with E-state index in [4.69, 9.17) is 16.2 Å². The molecule has 3 rings (SSSR count). The van der Waals surface area contributed by atoms with Crippen LogP contribution in [0.15, 0.2) is 48.9 Å². The van der Waals surface area contributed by atoms with Crippen LogP contribution in [-0.2, 0) is 0 Å². The van der Waals surface area contributed by atoms with Crippen LogP contribution >= 0.6 is 0 Å². The Bertz CT molecular complexity index is 915. The van der Waals surface area contributed by atoms with Gasteiger partial charge in [-0.1, -0.05) is 32.0 Å². The Morgan fingerprint density at radius 1 is 1.15 bits per heavy atom. The van der Waals surface area contributed by atoms with Gasteiger partial charge in [0, 0.05) is 29.7 Å². The lowest BCUT2D eigenvalue weighted by Gasteiger charge is -2.16. The van der Waals surface area contributed by atoms with Crippen LogP contribution < -0.4 is 21.5 Å². The molecular formula is C19H22N6O2. The number of hydrogen-bond acceptors (Lipinski definition) is 7. The zero-order chi connectivity index (χ0) is 19.8. The second-order valence-electron chi connectivity index (χ2n) is 5.11. The maximum absolute atomic E-state index is 11.6. The fourth-order valence-electron chi connectivity index (χ4n) is 2.40. The highest BCUT2D eigenvalue weighted by molar-refractivity contribution is 5.98. The summed E-state index contributed by atoms with van der Waals surface area (Å²) in [7, 11) is 1.56. The Balaban J connectivity index is 0.00000126. The number of nitrogens with zero attached hydrogens (tertiary/aromatic N) is 3. The molecule has 0 radical (unpaired) electrons. The van der Waals surface area contributed by atoms with Crippen molar-refractivity contribution in [3.8, 4) is 16.9 Å². The predicted molar refractivity (Wildman–Crippen MR) is 106 cm³/mol. The van der Waals surface area contributed by atoms with E-state index < -0.39 is 5.91 Å². The Labute approximate surface area is 157 Å². The summed E-state index contributed by atoms with van der Waals surface area (Å²) in [5.74, 6) is 0.143. The SMILES string of the molecule is CC.COc1c(Nc2nc(N)ncc2C(N)=O)cccc1-c1cccnc1.